The number of aromatic nitrogens is 3. The predicted octanol–water partition coefficient (Wildman–Crippen LogP) is 3.43. The Kier molecular flexibility index (Phi) is 2.42. The first kappa shape index (κ1) is 11.4. The Labute approximate surface area is 110 Å². The van der Waals surface area contributed by atoms with E-state index in [9.17, 15) is 0 Å². The minimum atomic E-state index is 0.0240. The second-order valence-corrected chi connectivity index (χ2v) is 6.71. The Morgan fingerprint density at radius 3 is 2.82 bits per heavy atom. The summed E-state index contributed by atoms with van der Waals surface area (Å²) < 4.78 is 1.77. The average molecular weight is 268 g/mol. The van der Waals surface area contributed by atoms with Crippen molar-refractivity contribution in [3.8, 4) is 0 Å². The maximum absolute atomic E-state index is 6.40. The van der Waals surface area contributed by atoms with Crippen LogP contribution in [0.5, 0.6) is 0 Å². The third-order valence-corrected chi connectivity index (χ3v) is 4.34. The molecule has 3 heterocycles. The molecule has 2 aromatic rings. The first-order valence-electron chi connectivity index (χ1n) is 5.62. The zero-order valence-electron chi connectivity index (χ0n) is 10.1. The molecule has 0 saturated heterocycles. The molecule has 2 aromatic heterocycles. The highest BCUT2D eigenvalue weighted by Gasteiger charge is 2.23. The van der Waals surface area contributed by atoms with Gasteiger partial charge in [0.05, 0.1) is 11.4 Å². The van der Waals surface area contributed by atoms with Crippen LogP contribution in [0.1, 0.15) is 37.7 Å². The van der Waals surface area contributed by atoms with Crippen molar-refractivity contribution in [3.63, 3.8) is 0 Å². The van der Waals surface area contributed by atoms with Crippen molar-refractivity contribution in [1.82, 2.24) is 14.6 Å². The molecule has 0 unspecified atom stereocenters. The monoisotopic (exact) mass is 267 g/mol. The van der Waals surface area contributed by atoms with Gasteiger partial charge in [-0.1, -0.05) is 32.4 Å². The summed E-state index contributed by atoms with van der Waals surface area (Å²) >= 11 is 8.25. The molecule has 1 aliphatic heterocycles. The lowest BCUT2D eigenvalue weighted by Gasteiger charge is -2.13. The molecule has 17 heavy (non-hydrogen) atoms. The maximum Gasteiger partial charge on any atom is 0.157 e. The van der Waals surface area contributed by atoms with Crippen LogP contribution in [0.25, 0.3) is 5.65 Å². The Morgan fingerprint density at radius 2 is 2.12 bits per heavy atom. The zero-order chi connectivity index (χ0) is 12.2. The summed E-state index contributed by atoms with van der Waals surface area (Å²) in [6.07, 6.45) is 0. The number of rotatable bonds is 0. The summed E-state index contributed by atoms with van der Waals surface area (Å²) in [7, 11) is 0. The van der Waals surface area contributed by atoms with Gasteiger partial charge in [-0.05, 0) is 0 Å². The Hall–Kier alpha value is -0.740. The van der Waals surface area contributed by atoms with E-state index in [0.29, 0.717) is 0 Å². The molecular formula is C12H14ClN3S. The molecule has 1 aliphatic rings. The quantitative estimate of drug-likeness (QED) is 0.685. The normalized spacial score (nSPS) is 15.5. The smallest absolute Gasteiger partial charge is 0.157 e. The lowest BCUT2D eigenvalue weighted by Crippen LogP contribution is -2.12. The first-order valence-corrected chi connectivity index (χ1v) is 7.15. The molecule has 0 bridgehead atoms. The highest BCUT2D eigenvalue weighted by Crippen LogP contribution is 2.34. The van der Waals surface area contributed by atoms with Gasteiger partial charge in [-0.15, -0.1) is 0 Å². The van der Waals surface area contributed by atoms with E-state index in [2.05, 4.69) is 30.9 Å². The van der Waals surface area contributed by atoms with Crippen LogP contribution in [0.4, 0.5) is 0 Å². The highest BCUT2D eigenvalue weighted by atomic mass is 35.5. The van der Waals surface area contributed by atoms with E-state index in [1.807, 2.05) is 17.8 Å². The van der Waals surface area contributed by atoms with Crippen LogP contribution in [0.15, 0.2) is 6.07 Å². The third kappa shape index (κ3) is 1.74. The molecule has 0 saturated carbocycles. The van der Waals surface area contributed by atoms with Gasteiger partial charge in [0.1, 0.15) is 5.15 Å². The number of nitrogens with zero attached hydrogens (tertiary/aromatic N) is 3. The van der Waals surface area contributed by atoms with Crippen LogP contribution in [-0.4, -0.2) is 14.6 Å². The van der Waals surface area contributed by atoms with Crippen LogP contribution in [0.2, 0.25) is 5.15 Å². The van der Waals surface area contributed by atoms with E-state index in [4.69, 9.17) is 11.6 Å². The molecular weight excluding hydrogens is 254 g/mol. The van der Waals surface area contributed by atoms with Crippen LogP contribution in [0.3, 0.4) is 0 Å². The van der Waals surface area contributed by atoms with E-state index in [0.717, 1.165) is 39.3 Å². The van der Waals surface area contributed by atoms with Gasteiger partial charge in [-0.2, -0.15) is 16.9 Å². The maximum atomic E-state index is 6.40. The van der Waals surface area contributed by atoms with Crippen LogP contribution >= 0.6 is 23.4 Å². The highest BCUT2D eigenvalue weighted by molar-refractivity contribution is 7.98. The number of thioether (sulfide) groups is 1. The van der Waals surface area contributed by atoms with Gasteiger partial charge < -0.3 is 0 Å². The second kappa shape index (κ2) is 3.62. The topological polar surface area (TPSA) is 30.2 Å². The van der Waals surface area contributed by atoms with E-state index in [-0.39, 0.29) is 5.41 Å². The summed E-state index contributed by atoms with van der Waals surface area (Å²) in [4.78, 5) is 4.65. The first-order chi connectivity index (χ1) is 7.97. The van der Waals surface area contributed by atoms with Gasteiger partial charge in [0.15, 0.2) is 5.65 Å². The van der Waals surface area contributed by atoms with Crippen molar-refractivity contribution in [2.24, 2.45) is 0 Å². The molecule has 0 amide bonds. The van der Waals surface area contributed by atoms with Crippen molar-refractivity contribution in [2.75, 3.05) is 0 Å². The Bertz CT molecular complexity index is 598. The van der Waals surface area contributed by atoms with Crippen molar-refractivity contribution in [1.29, 1.82) is 0 Å². The number of hydrogen-bond acceptors (Lipinski definition) is 3. The van der Waals surface area contributed by atoms with Crippen molar-refractivity contribution >= 4 is 29.0 Å². The molecule has 0 N–H and O–H groups in total. The molecule has 0 aliphatic carbocycles. The van der Waals surface area contributed by atoms with Crippen molar-refractivity contribution in [2.45, 2.75) is 37.7 Å². The fourth-order valence-electron chi connectivity index (χ4n) is 1.93. The SMILES string of the molecule is CC(C)(C)c1cc2nc3c(c(Cl)n2n1)CSC3. The van der Waals surface area contributed by atoms with Gasteiger partial charge in [-0.3, -0.25) is 0 Å². The molecule has 3 rings (SSSR count). The molecule has 90 valence electrons. The molecule has 5 heteroatoms. The number of hydrogen-bond donors (Lipinski definition) is 0. The number of halogens is 1. The minimum absolute atomic E-state index is 0.0240. The molecule has 0 radical (unpaired) electrons. The van der Waals surface area contributed by atoms with Crippen LogP contribution in [-0.2, 0) is 16.9 Å². The molecule has 0 fully saturated rings. The summed E-state index contributed by atoms with van der Waals surface area (Å²) in [6, 6.07) is 2.04. The van der Waals surface area contributed by atoms with Crippen LogP contribution in [0, 0.1) is 0 Å². The van der Waals surface area contributed by atoms with E-state index in [1.54, 1.807) is 4.52 Å². The predicted molar refractivity (Wildman–Crippen MR) is 71.7 cm³/mol. The molecule has 0 atom stereocenters. The van der Waals surface area contributed by atoms with Gasteiger partial charge in [0.2, 0.25) is 0 Å². The summed E-state index contributed by atoms with van der Waals surface area (Å²) in [5.41, 5.74) is 4.18. The summed E-state index contributed by atoms with van der Waals surface area (Å²) in [6.45, 7) is 6.44. The van der Waals surface area contributed by atoms with E-state index >= 15 is 0 Å². The lowest BCUT2D eigenvalue weighted by atomic mass is 9.93. The van der Waals surface area contributed by atoms with E-state index < -0.39 is 0 Å². The Balaban J connectivity index is 2.28. The standard InChI is InChI=1S/C12H14ClN3S/c1-12(2,3)9-4-10-14-8-6-17-5-7(8)11(13)16(10)15-9/h4H,5-6H2,1-3H3. The largest absolute Gasteiger partial charge is 0.232 e. The molecule has 3 nitrogen and oxygen atoms in total. The van der Waals surface area contributed by atoms with Crippen molar-refractivity contribution < 1.29 is 0 Å². The van der Waals surface area contributed by atoms with Gasteiger partial charge in [0, 0.05) is 28.6 Å². The zero-order valence-corrected chi connectivity index (χ0v) is 11.7. The third-order valence-electron chi connectivity index (χ3n) is 2.98. The van der Waals surface area contributed by atoms with Gasteiger partial charge in [0.25, 0.3) is 0 Å². The minimum Gasteiger partial charge on any atom is -0.232 e. The fourth-order valence-corrected chi connectivity index (χ4v) is 3.35. The van der Waals surface area contributed by atoms with Crippen LogP contribution < -0.4 is 0 Å². The second-order valence-electron chi connectivity index (χ2n) is 5.37. The average Bonchev–Trinajstić information content (AvgIpc) is 2.82. The summed E-state index contributed by atoms with van der Waals surface area (Å²) in [5, 5.41) is 5.30. The fraction of sp³-hybridized carbons (Fsp3) is 0.500. The van der Waals surface area contributed by atoms with Gasteiger partial charge in [-0.25, -0.2) is 9.50 Å². The van der Waals surface area contributed by atoms with Crippen molar-refractivity contribution in [3.05, 3.63) is 28.2 Å². The summed E-state index contributed by atoms with van der Waals surface area (Å²) in [5.74, 6) is 1.91. The lowest BCUT2D eigenvalue weighted by molar-refractivity contribution is 0.562. The Morgan fingerprint density at radius 1 is 1.35 bits per heavy atom. The molecule has 0 spiro atoms. The number of fused-ring (bicyclic) bond motifs is 2. The van der Waals surface area contributed by atoms with E-state index in [1.165, 1.54) is 0 Å². The van der Waals surface area contributed by atoms with Gasteiger partial charge >= 0.3 is 0 Å². The molecule has 0 aromatic carbocycles.